The van der Waals surface area contributed by atoms with Crippen LogP contribution in [0.25, 0.3) is 17.0 Å². The number of hydrogen-bond acceptors (Lipinski definition) is 5. The van der Waals surface area contributed by atoms with E-state index in [-0.39, 0.29) is 5.69 Å². The maximum atomic E-state index is 13.7. The predicted molar refractivity (Wildman–Crippen MR) is 155 cm³/mol. The Bertz CT molecular complexity index is 1600. The standard InChI is InChI=1S/C32H32F4N4O4/c1-18(25-10-9-24(44-2)14-20(25)6-5-19-3-4-19)38-31(43)28-15-22(32(34,35)36)17-40(28)29(41)16-37-30(42)27-11-7-21-13-23(33)8-12-26(21)39-27/h5-14,18-19,22,28H,3-4,15-17H2,1-2H3,(H,37,42)(H,38,43)/b6-5+/t18-,22?,28-/m0/s1. The third kappa shape index (κ3) is 7.17. The van der Waals surface area contributed by atoms with E-state index in [1.54, 1.807) is 26.2 Å². The van der Waals surface area contributed by atoms with Gasteiger partial charge in [-0.25, -0.2) is 9.37 Å². The largest absolute Gasteiger partial charge is 0.497 e. The van der Waals surface area contributed by atoms with E-state index in [0.29, 0.717) is 22.6 Å². The summed E-state index contributed by atoms with van der Waals surface area (Å²) in [5, 5.41) is 5.64. The molecule has 1 aromatic heterocycles. The van der Waals surface area contributed by atoms with Crippen LogP contribution in [0.4, 0.5) is 17.6 Å². The average Bonchev–Trinajstić information content (AvgIpc) is 3.71. The number of aromatic nitrogens is 1. The van der Waals surface area contributed by atoms with Gasteiger partial charge in [-0.15, -0.1) is 0 Å². The first-order valence-electron chi connectivity index (χ1n) is 14.3. The van der Waals surface area contributed by atoms with Crippen molar-refractivity contribution in [2.24, 2.45) is 11.8 Å². The zero-order valence-electron chi connectivity index (χ0n) is 24.2. The molecule has 2 N–H and O–H groups in total. The molecular formula is C32H32F4N4O4. The molecule has 0 bridgehead atoms. The molecular weight excluding hydrogens is 580 g/mol. The van der Waals surface area contributed by atoms with Gasteiger partial charge < -0.3 is 20.3 Å². The summed E-state index contributed by atoms with van der Waals surface area (Å²) in [5.41, 5.74) is 1.86. The number of hydrogen-bond donors (Lipinski definition) is 2. The molecule has 44 heavy (non-hydrogen) atoms. The number of fused-ring (bicyclic) bond motifs is 1. The second kappa shape index (κ2) is 12.6. The number of alkyl halides is 3. The van der Waals surface area contributed by atoms with Gasteiger partial charge in [0.05, 0.1) is 31.1 Å². The molecule has 1 saturated heterocycles. The molecule has 3 aromatic rings. The number of carbonyl (C=O) groups is 3. The van der Waals surface area contributed by atoms with Crippen molar-refractivity contribution in [1.29, 1.82) is 0 Å². The second-order valence-corrected chi connectivity index (χ2v) is 11.2. The van der Waals surface area contributed by atoms with E-state index in [4.69, 9.17) is 4.74 Å². The number of carbonyl (C=O) groups excluding carboxylic acids is 3. The molecule has 0 radical (unpaired) electrons. The Morgan fingerprint density at radius 3 is 2.59 bits per heavy atom. The van der Waals surface area contributed by atoms with Crippen molar-refractivity contribution in [3.8, 4) is 5.75 Å². The van der Waals surface area contributed by atoms with Crippen LogP contribution in [-0.4, -0.2) is 60.0 Å². The average molecular weight is 613 g/mol. The van der Waals surface area contributed by atoms with Gasteiger partial charge in [0, 0.05) is 11.9 Å². The van der Waals surface area contributed by atoms with Gasteiger partial charge in [0.1, 0.15) is 23.3 Å². The first-order valence-corrected chi connectivity index (χ1v) is 14.3. The summed E-state index contributed by atoms with van der Waals surface area (Å²) in [4.78, 5) is 44.3. The summed E-state index contributed by atoms with van der Waals surface area (Å²) in [7, 11) is 1.54. The minimum Gasteiger partial charge on any atom is -0.497 e. The van der Waals surface area contributed by atoms with Gasteiger partial charge in [-0.2, -0.15) is 13.2 Å². The van der Waals surface area contributed by atoms with Gasteiger partial charge >= 0.3 is 6.18 Å². The molecule has 12 heteroatoms. The number of ether oxygens (including phenoxy) is 1. The fraction of sp³-hybridized carbons (Fsp3) is 0.375. The van der Waals surface area contributed by atoms with Crippen molar-refractivity contribution in [3.63, 3.8) is 0 Å². The highest BCUT2D eigenvalue weighted by Gasteiger charge is 2.51. The summed E-state index contributed by atoms with van der Waals surface area (Å²) in [5.74, 6) is -3.53. The Hall–Kier alpha value is -4.48. The summed E-state index contributed by atoms with van der Waals surface area (Å²) < 4.78 is 60.0. The van der Waals surface area contributed by atoms with Crippen molar-refractivity contribution >= 4 is 34.7 Å². The van der Waals surface area contributed by atoms with E-state index >= 15 is 0 Å². The summed E-state index contributed by atoms with van der Waals surface area (Å²) in [6.45, 7) is 0.380. The van der Waals surface area contributed by atoms with Gasteiger partial charge in [-0.3, -0.25) is 14.4 Å². The Morgan fingerprint density at radius 1 is 1.11 bits per heavy atom. The van der Waals surface area contributed by atoms with Gasteiger partial charge in [0.2, 0.25) is 11.8 Å². The van der Waals surface area contributed by atoms with Crippen LogP contribution in [-0.2, 0) is 9.59 Å². The van der Waals surface area contributed by atoms with Gasteiger partial charge in [-0.1, -0.05) is 24.3 Å². The lowest BCUT2D eigenvalue weighted by atomic mass is 9.99. The van der Waals surface area contributed by atoms with Crippen molar-refractivity contribution in [2.75, 3.05) is 20.2 Å². The summed E-state index contributed by atoms with van der Waals surface area (Å²) in [6.07, 6.45) is 1.03. The van der Waals surface area contributed by atoms with E-state index < -0.39 is 67.2 Å². The van der Waals surface area contributed by atoms with Gasteiger partial charge in [0.25, 0.3) is 5.91 Å². The third-order valence-electron chi connectivity index (χ3n) is 7.96. The normalized spacial score (nSPS) is 19.3. The number of halogens is 4. The van der Waals surface area contributed by atoms with E-state index in [2.05, 4.69) is 21.7 Å². The third-order valence-corrected chi connectivity index (χ3v) is 7.96. The zero-order chi connectivity index (χ0) is 31.6. The molecule has 2 heterocycles. The SMILES string of the molecule is COc1ccc([C@H](C)NC(=O)[C@@H]2CC(C(F)(F)F)CN2C(=O)CNC(=O)c2ccc3cc(F)ccc3n2)c(/C=C/C2CC2)c1. The highest BCUT2D eigenvalue weighted by molar-refractivity contribution is 5.97. The molecule has 1 unspecified atom stereocenters. The van der Waals surface area contributed by atoms with Crippen molar-refractivity contribution in [1.82, 2.24) is 20.5 Å². The smallest absolute Gasteiger partial charge is 0.393 e. The second-order valence-electron chi connectivity index (χ2n) is 11.2. The summed E-state index contributed by atoms with van der Waals surface area (Å²) in [6, 6.07) is 10.1. The molecule has 5 rings (SSSR count). The molecule has 0 spiro atoms. The fourth-order valence-corrected chi connectivity index (χ4v) is 5.30. The number of rotatable bonds is 9. The van der Waals surface area contributed by atoms with Crippen LogP contribution in [0.15, 0.2) is 54.6 Å². The van der Waals surface area contributed by atoms with Crippen LogP contribution in [0.2, 0.25) is 0 Å². The first kappa shape index (κ1) is 31.0. The predicted octanol–water partition coefficient (Wildman–Crippen LogP) is 5.19. The lowest BCUT2D eigenvalue weighted by Gasteiger charge is -2.26. The zero-order valence-corrected chi connectivity index (χ0v) is 24.2. The maximum Gasteiger partial charge on any atom is 0.393 e. The molecule has 2 aromatic carbocycles. The monoisotopic (exact) mass is 612 g/mol. The minimum atomic E-state index is -4.62. The highest BCUT2D eigenvalue weighted by atomic mass is 19.4. The molecule has 8 nitrogen and oxygen atoms in total. The molecule has 2 aliphatic rings. The van der Waals surface area contributed by atoms with Crippen LogP contribution in [0.5, 0.6) is 5.75 Å². The first-order chi connectivity index (χ1) is 20.9. The number of methoxy groups -OCH3 is 1. The molecule has 2 fully saturated rings. The number of allylic oxidation sites excluding steroid dienone is 1. The lowest BCUT2D eigenvalue weighted by molar-refractivity contribution is -0.171. The molecule has 1 aliphatic heterocycles. The highest BCUT2D eigenvalue weighted by Crippen LogP contribution is 2.37. The van der Waals surface area contributed by atoms with E-state index in [0.717, 1.165) is 28.9 Å². The van der Waals surface area contributed by atoms with E-state index in [1.165, 1.54) is 30.3 Å². The lowest BCUT2D eigenvalue weighted by Crippen LogP contribution is -2.49. The number of nitrogens with one attached hydrogen (secondary N) is 2. The van der Waals surface area contributed by atoms with E-state index in [1.807, 2.05) is 12.1 Å². The van der Waals surface area contributed by atoms with E-state index in [9.17, 15) is 31.9 Å². The molecule has 1 saturated carbocycles. The number of likely N-dealkylation sites (tertiary alicyclic amines) is 1. The Labute approximate surface area is 251 Å². The van der Waals surface area contributed by atoms with Crippen LogP contribution in [0.1, 0.15) is 53.8 Å². The van der Waals surface area contributed by atoms with Gasteiger partial charge in [-0.05, 0) is 79.6 Å². The molecule has 3 atom stereocenters. The molecule has 1 aliphatic carbocycles. The molecule has 3 amide bonds. The van der Waals surface area contributed by atoms with Crippen molar-refractivity contribution in [2.45, 2.75) is 44.4 Å². The quantitative estimate of drug-likeness (QED) is 0.324. The van der Waals surface area contributed by atoms with Crippen LogP contribution >= 0.6 is 0 Å². The van der Waals surface area contributed by atoms with Crippen LogP contribution < -0.4 is 15.4 Å². The Kier molecular flexibility index (Phi) is 8.89. The number of amides is 3. The minimum absolute atomic E-state index is 0.0550. The summed E-state index contributed by atoms with van der Waals surface area (Å²) >= 11 is 0. The molecule has 232 valence electrons. The van der Waals surface area contributed by atoms with Crippen LogP contribution in [0.3, 0.4) is 0 Å². The van der Waals surface area contributed by atoms with Crippen LogP contribution in [0, 0.1) is 17.7 Å². The van der Waals surface area contributed by atoms with Crippen molar-refractivity contribution < 1.29 is 36.7 Å². The number of benzene rings is 2. The van der Waals surface area contributed by atoms with Crippen molar-refractivity contribution in [3.05, 3.63) is 77.2 Å². The fourth-order valence-electron chi connectivity index (χ4n) is 5.30. The topological polar surface area (TPSA) is 101 Å². The Morgan fingerprint density at radius 2 is 1.89 bits per heavy atom. The number of pyridine rings is 1. The van der Waals surface area contributed by atoms with Gasteiger partial charge in [0.15, 0.2) is 0 Å². The maximum absolute atomic E-state index is 13.7. The Balaban J connectivity index is 1.28. The number of nitrogens with zero attached hydrogens (tertiary/aromatic N) is 2.